The third-order valence-corrected chi connectivity index (χ3v) is 4.81. The lowest BCUT2D eigenvalue weighted by molar-refractivity contribution is -0.122. The minimum absolute atomic E-state index is 0.342. The van der Waals surface area contributed by atoms with Crippen LogP contribution in [0.2, 0.25) is 0 Å². The molecule has 4 N–H and O–H groups in total. The number of carbonyl (C=O) groups is 1. The maximum Gasteiger partial charge on any atom is 0.405 e. The van der Waals surface area contributed by atoms with Crippen molar-refractivity contribution in [1.82, 2.24) is 30.3 Å². The monoisotopic (exact) mass is 411 g/mol. The Morgan fingerprint density at radius 2 is 2.28 bits per heavy atom. The van der Waals surface area contributed by atoms with Gasteiger partial charge in [-0.25, -0.2) is 19.4 Å². The zero-order valence-electron chi connectivity index (χ0n) is 15.5. The van der Waals surface area contributed by atoms with Gasteiger partial charge < -0.3 is 25.7 Å². The first-order chi connectivity index (χ1) is 13.7. The van der Waals surface area contributed by atoms with Gasteiger partial charge in [0.15, 0.2) is 5.82 Å². The Hall–Kier alpha value is -3.02. The summed E-state index contributed by atoms with van der Waals surface area (Å²) in [6.45, 7) is 1.12. The zero-order valence-corrected chi connectivity index (χ0v) is 15.5. The quantitative estimate of drug-likeness (QED) is 0.521. The van der Waals surface area contributed by atoms with Gasteiger partial charge in [-0.3, -0.25) is 0 Å². The number of aliphatic hydroxyl groups is 1. The van der Waals surface area contributed by atoms with E-state index in [-0.39, 0.29) is 6.04 Å². The summed E-state index contributed by atoms with van der Waals surface area (Å²) in [5.74, 6) is 0.428. The molecule has 1 aliphatic rings. The second kappa shape index (κ2) is 7.10. The molecule has 9 nitrogen and oxygen atoms in total. The number of nitrogens with zero attached hydrogens (tertiary/aromatic N) is 4. The first kappa shape index (κ1) is 19.3. The lowest BCUT2D eigenvalue weighted by atomic mass is 10.3. The van der Waals surface area contributed by atoms with Crippen LogP contribution < -0.4 is 15.6 Å². The number of aromatic amines is 1. The summed E-state index contributed by atoms with van der Waals surface area (Å²) in [5.41, 5.74) is 2.07. The van der Waals surface area contributed by atoms with Crippen molar-refractivity contribution in [1.29, 1.82) is 0 Å². The largest absolute Gasteiger partial charge is 0.405 e. The molecule has 4 rings (SSSR count). The molecule has 29 heavy (non-hydrogen) atoms. The number of alkyl halides is 3. The van der Waals surface area contributed by atoms with Crippen LogP contribution in [0.1, 0.15) is 25.3 Å². The van der Waals surface area contributed by atoms with Crippen molar-refractivity contribution >= 4 is 28.1 Å². The summed E-state index contributed by atoms with van der Waals surface area (Å²) in [5, 5.41) is 17.4. The molecular weight excluding hydrogens is 391 g/mol. The third kappa shape index (κ3) is 3.79. The fraction of sp³-hybridized carbons (Fsp3) is 0.471. The van der Waals surface area contributed by atoms with E-state index in [9.17, 15) is 23.1 Å². The van der Waals surface area contributed by atoms with Crippen molar-refractivity contribution in [2.75, 3.05) is 24.6 Å². The Labute approximate surface area is 162 Å². The molecule has 2 atom stereocenters. The van der Waals surface area contributed by atoms with Crippen LogP contribution in [0.4, 0.5) is 18.0 Å². The van der Waals surface area contributed by atoms with Crippen LogP contribution in [-0.4, -0.2) is 62.6 Å². The molecule has 2 amide bonds. The number of hydrogen-bond donors (Lipinski definition) is 4. The van der Waals surface area contributed by atoms with E-state index in [2.05, 4.69) is 20.3 Å². The summed E-state index contributed by atoms with van der Waals surface area (Å²) >= 11 is 0. The summed E-state index contributed by atoms with van der Waals surface area (Å²) in [6.07, 6.45) is -1.39. The SMILES string of the molecule is C[C@H](O)c1nc2cnc3[nH]ccc3c2n1N1CC[C@@H](NC(=O)NCC(F)(F)F)C1. The Bertz CT molecular complexity index is 1040. The summed E-state index contributed by atoms with van der Waals surface area (Å²) < 4.78 is 38.6. The molecule has 3 aromatic heterocycles. The molecule has 0 saturated carbocycles. The number of carbonyl (C=O) groups excluding carboxylic acids is 1. The molecule has 0 bridgehead atoms. The fourth-order valence-corrected chi connectivity index (χ4v) is 3.59. The second-order valence-corrected chi connectivity index (χ2v) is 7.03. The van der Waals surface area contributed by atoms with E-state index in [1.807, 2.05) is 21.1 Å². The Balaban J connectivity index is 1.58. The topological polar surface area (TPSA) is 111 Å². The molecule has 4 heterocycles. The number of imidazole rings is 1. The highest BCUT2D eigenvalue weighted by atomic mass is 19.4. The van der Waals surface area contributed by atoms with Gasteiger partial charge in [-0.1, -0.05) is 0 Å². The van der Waals surface area contributed by atoms with Crippen LogP contribution >= 0.6 is 0 Å². The molecule has 0 spiro atoms. The van der Waals surface area contributed by atoms with Gasteiger partial charge >= 0.3 is 12.2 Å². The molecule has 1 aliphatic heterocycles. The molecule has 156 valence electrons. The Morgan fingerprint density at radius 1 is 1.48 bits per heavy atom. The van der Waals surface area contributed by atoms with Crippen molar-refractivity contribution in [2.24, 2.45) is 0 Å². The molecule has 1 fully saturated rings. The van der Waals surface area contributed by atoms with E-state index in [1.165, 1.54) is 0 Å². The summed E-state index contributed by atoms with van der Waals surface area (Å²) in [4.78, 5) is 23.6. The number of halogens is 3. The maximum atomic E-state index is 12.3. The Kier molecular flexibility index (Phi) is 4.73. The summed E-state index contributed by atoms with van der Waals surface area (Å²) in [6, 6.07) is 0.661. The minimum atomic E-state index is -4.46. The van der Waals surface area contributed by atoms with Gasteiger partial charge in [-0.15, -0.1) is 0 Å². The van der Waals surface area contributed by atoms with Crippen LogP contribution in [0.15, 0.2) is 18.5 Å². The summed E-state index contributed by atoms with van der Waals surface area (Å²) in [7, 11) is 0. The molecule has 0 aliphatic carbocycles. The second-order valence-electron chi connectivity index (χ2n) is 7.03. The highest BCUT2D eigenvalue weighted by Crippen LogP contribution is 2.28. The Morgan fingerprint density at radius 3 is 3.00 bits per heavy atom. The van der Waals surface area contributed by atoms with Crippen LogP contribution in [0.25, 0.3) is 22.1 Å². The molecule has 0 radical (unpaired) electrons. The van der Waals surface area contributed by atoms with Gasteiger partial charge in [-0.2, -0.15) is 13.2 Å². The van der Waals surface area contributed by atoms with Gasteiger partial charge in [-0.05, 0) is 19.4 Å². The van der Waals surface area contributed by atoms with Crippen LogP contribution in [0.5, 0.6) is 0 Å². The normalized spacial score (nSPS) is 18.5. The van der Waals surface area contributed by atoms with E-state index in [1.54, 1.807) is 19.3 Å². The van der Waals surface area contributed by atoms with E-state index >= 15 is 0 Å². The standard InChI is InChI=1S/C17H20F3N7O2/c1-9(28)15-25-12-6-22-14-11(2-4-21-14)13(12)27(15)26-5-3-10(7-26)24-16(29)23-8-17(18,19)20/h2,4,6,9-10,28H,3,5,7-8H2,1H3,(H,21,22)(H2,23,24,29)/t9-,10+/m0/s1. The average molecular weight is 411 g/mol. The number of amides is 2. The number of aliphatic hydroxyl groups excluding tert-OH is 1. The van der Waals surface area contributed by atoms with Gasteiger partial charge in [0.1, 0.15) is 29.3 Å². The van der Waals surface area contributed by atoms with Crippen molar-refractivity contribution in [3.05, 3.63) is 24.3 Å². The van der Waals surface area contributed by atoms with Crippen LogP contribution in [0, 0.1) is 0 Å². The lowest BCUT2D eigenvalue weighted by Gasteiger charge is -2.24. The van der Waals surface area contributed by atoms with Crippen molar-refractivity contribution in [2.45, 2.75) is 31.7 Å². The minimum Gasteiger partial charge on any atom is -0.385 e. The van der Waals surface area contributed by atoms with E-state index in [0.29, 0.717) is 36.5 Å². The highest BCUT2D eigenvalue weighted by Gasteiger charge is 2.31. The number of H-pyrrole nitrogens is 1. The van der Waals surface area contributed by atoms with Gasteiger partial charge in [0.2, 0.25) is 0 Å². The van der Waals surface area contributed by atoms with Crippen molar-refractivity contribution < 1.29 is 23.1 Å². The van der Waals surface area contributed by atoms with Crippen molar-refractivity contribution in [3.8, 4) is 0 Å². The predicted molar refractivity (Wildman–Crippen MR) is 99.0 cm³/mol. The molecule has 0 unspecified atom stereocenters. The van der Waals surface area contributed by atoms with Crippen molar-refractivity contribution in [3.63, 3.8) is 0 Å². The molecular formula is C17H20F3N7O2. The predicted octanol–water partition coefficient (Wildman–Crippen LogP) is 1.54. The zero-order chi connectivity index (χ0) is 20.8. The maximum absolute atomic E-state index is 12.3. The van der Waals surface area contributed by atoms with Gasteiger partial charge in [0.25, 0.3) is 0 Å². The number of urea groups is 1. The number of pyridine rings is 1. The smallest absolute Gasteiger partial charge is 0.385 e. The number of nitrogens with one attached hydrogen (secondary N) is 3. The van der Waals surface area contributed by atoms with E-state index in [4.69, 9.17) is 0 Å². The molecule has 1 saturated heterocycles. The first-order valence-corrected chi connectivity index (χ1v) is 9.12. The van der Waals surface area contributed by atoms with Gasteiger partial charge in [0, 0.05) is 18.1 Å². The first-order valence-electron chi connectivity index (χ1n) is 9.12. The molecule has 0 aromatic carbocycles. The third-order valence-electron chi connectivity index (χ3n) is 4.81. The fourth-order valence-electron chi connectivity index (χ4n) is 3.59. The number of rotatable bonds is 4. The number of hydrogen-bond acceptors (Lipinski definition) is 5. The van der Waals surface area contributed by atoms with Crippen LogP contribution in [-0.2, 0) is 0 Å². The highest BCUT2D eigenvalue weighted by molar-refractivity contribution is 6.01. The molecule has 12 heteroatoms. The average Bonchev–Trinajstić information content (AvgIpc) is 3.35. The lowest BCUT2D eigenvalue weighted by Crippen LogP contribution is -2.47. The van der Waals surface area contributed by atoms with E-state index < -0.39 is 24.9 Å². The number of aromatic nitrogens is 4. The van der Waals surface area contributed by atoms with Crippen LogP contribution in [0.3, 0.4) is 0 Å². The number of fused-ring (bicyclic) bond motifs is 3. The molecule has 3 aromatic rings. The van der Waals surface area contributed by atoms with Gasteiger partial charge in [0.05, 0.1) is 18.8 Å². The van der Waals surface area contributed by atoms with E-state index in [0.717, 1.165) is 10.9 Å².